The minimum atomic E-state index is -0.372. The molecule has 1 aliphatic rings. The average molecular weight is 287 g/mol. The molecule has 1 rings (SSSR count). The molecule has 19 heavy (non-hydrogen) atoms. The van der Waals surface area contributed by atoms with Gasteiger partial charge in [0.1, 0.15) is 5.60 Å². The molecule has 0 bridgehead atoms. The number of nitrogens with one attached hydrogen (secondary N) is 1. The fourth-order valence-electron chi connectivity index (χ4n) is 2.63. The van der Waals surface area contributed by atoms with E-state index in [0.29, 0.717) is 11.8 Å². The predicted molar refractivity (Wildman–Crippen MR) is 82.6 cm³/mol. The summed E-state index contributed by atoms with van der Waals surface area (Å²) in [5.41, 5.74) is -0.372. The van der Waals surface area contributed by atoms with Crippen molar-refractivity contribution in [2.75, 3.05) is 18.6 Å². The van der Waals surface area contributed by atoms with Gasteiger partial charge in [0.2, 0.25) is 0 Å². The van der Waals surface area contributed by atoms with Crippen LogP contribution in [0.5, 0.6) is 0 Å². The van der Waals surface area contributed by atoms with E-state index in [-0.39, 0.29) is 11.6 Å². The summed E-state index contributed by atoms with van der Waals surface area (Å²) in [6, 6.07) is 0.535. The van der Waals surface area contributed by atoms with E-state index in [4.69, 9.17) is 4.74 Å². The number of thioether (sulfide) groups is 1. The van der Waals surface area contributed by atoms with Crippen LogP contribution in [0.2, 0.25) is 0 Å². The van der Waals surface area contributed by atoms with Crippen LogP contribution in [-0.4, -0.2) is 36.2 Å². The second-order valence-electron chi connectivity index (χ2n) is 6.39. The molecule has 0 radical (unpaired) electrons. The van der Waals surface area contributed by atoms with Crippen LogP contribution < -0.4 is 5.32 Å². The number of hydrogen-bond donors (Lipinski definition) is 1. The second-order valence-corrected chi connectivity index (χ2v) is 7.43. The lowest BCUT2D eigenvalue weighted by atomic mass is 9.84. The zero-order valence-corrected chi connectivity index (χ0v) is 13.6. The second kappa shape index (κ2) is 8.15. The molecule has 1 atom stereocenters. The molecule has 0 heterocycles. The van der Waals surface area contributed by atoms with E-state index in [2.05, 4.69) is 5.32 Å². The smallest absolute Gasteiger partial charge is 0.316 e. The van der Waals surface area contributed by atoms with Crippen molar-refractivity contribution < 1.29 is 9.53 Å². The Hall–Kier alpha value is -0.220. The standard InChI is InChI=1S/C15H29NO2S/c1-15(2,3)18-14(17)11-19-10-13(16-4)12-8-6-5-7-9-12/h12-13,16H,5-11H2,1-4H3. The Morgan fingerprint density at radius 2 is 1.95 bits per heavy atom. The molecule has 0 aromatic rings. The summed E-state index contributed by atoms with van der Waals surface area (Å²) < 4.78 is 5.32. The van der Waals surface area contributed by atoms with Crippen molar-refractivity contribution in [2.24, 2.45) is 5.92 Å². The van der Waals surface area contributed by atoms with Crippen LogP contribution in [0, 0.1) is 5.92 Å². The molecule has 0 aliphatic heterocycles. The summed E-state index contributed by atoms with van der Waals surface area (Å²) in [4.78, 5) is 11.6. The summed E-state index contributed by atoms with van der Waals surface area (Å²) in [6.07, 6.45) is 6.77. The van der Waals surface area contributed by atoms with Crippen LogP contribution in [0.3, 0.4) is 0 Å². The Kier molecular flexibility index (Phi) is 7.22. The topological polar surface area (TPSA) is 38.3 Å². The van der Waals surface area contributed by atoms with Gasteiger partial charge in [-0.15, -0.1) is 11.8 Å². The molecular formula is C15H29NO2S. The zero-order chi connectivity index (χ0) is 14.3. The molecule has 0 saturated heterocycles. The van der Waals surface area contributed by atoms with E-state index in [9.17, 15) is 4.79 Å². The van der Waals surface area contributed by atoms with Gasteiger partial charge in [-0.25, -0.2) is 0 Å². The van der Waals surface area contributed by atoms with E-state index in [1.54, 1.807) is 11.8 Å². The normalized spacial score (nSPS) is 19.2. The Balaban J connectivity index is 2.23. The Labute approximate surface area is 122 Å². The van der Waals surface area contributed by atoms with Gasteiger partial charge in [-0.05, 0) is 46.6 Å². The van der Waals surface area contributed by atoms with E-state index in [0.717, 1.165) is 11.7 Å². The molecule has 112 valence electrons. The van der Waals surface area contributed by atoms with Crippen LogP contribution in [0.1, 0.15) is 52.9 Å². The highest BCUT2D eigenvalue weighted by Gasteiger charge is 2.23. The van der Waals surface area contributed by atoms with Crippen LogP contribution in [0.25, 0.3) is 0 Å². The number of esters is 1. The Bertz CT molecular complexity index is 270. The summed E-state index contributed by atoms with van der Waals surface area (Å²) in [5, 5.41) is 3.42. The maximum absolute atomic E-state index is 11.6. The van der Waals surface area contributed by atoms with Crippen LogP contribution in [0.15, 0.2) is 0 Å². The SMILES string of the molecule is CNC(CSCC(=O)OC(C)(C)C)C1CCCCC1. The summed E-state index contributed by atoms with van der Waals surface area (Å²) in [5.74, 6) is 2.14. The monoisotopic (exact) mass is 287 g/mol. The molecule has 0 amide bonds. The number of carbonyl (C=O) groups excluding carboxylic acids is 1. The molecule has 0 aromatic carbocycles. The fraction of sp³-hybridized carbons (Fsp3) is 0.933. The molecule has 0 spiro atoms. The van der Waals surface area contributed by atoms with Gasteiger partial charge in [0.25, 0.3) is 0 Å². The first-order valence-electron chi connectivity index (χ1n) is 7.39. The highest BCUT2D eigenvalue weighted by molar-refractivity contribution is 7.99. The third-order valence-corrected chi connectivity index (χ3v) is 4.56. The molecule has 4 heteroatoms. The van der Waals surface area contributed by atoms with Gasteiger partial charge >= 0.3 is 5.97 Å². The van der Waals surface area contributed by atoms with Crippen LogP contribution >= 0.6 is 11.8 Å². The van der Waals surface area contributed by atoms with Crippen molar-refractivity contribution in [3.63, 3.8) is 0 Å². The minimum Gasteiger partial charge on any atom is -0.459 e. The fourth-order valence-corrected chi connectivity index (χ4v) is 3.67. The molecule has 1 fully saturated rings. The summed E-state index contributed by atoms with van der Waals surface area (Å²) >= 11 is 1.69. The molecular weight excluding hydrogens is 258 g/mol. The van der Waals surface area contributed by atoms with Crippen molar-refractivity contribution in [2.45, 2.75) is 64.5 Å². The molecule has 0 aromatic heterocycles. The molecule has 3 nitrogen and oxygen atoms in total. The summed E-state index contributed by atoms with van der Waals surface area (Å²) in [6.45, 7) is 5.73. The first kappa shape index (κ1) is 16.8. The molecule has 1 N–H and O–H groups in total. The quantitative estimate of drug-likeness (QED) is 0.761. The lowest BCUT2D eigenvalue weighted by Crippen LogP contribution is -2.37. The third-order valence-electron chi connectivity index (χ3n) is 3.53. The van der Waals surface area contributed by atoms with Crippen molar-refractivity contribution in [3.05, 3.63) is 0 Å². The van der Waals surface area contributed by atoms with Gasteiger partial charge < -0.3 is 10.1 Å². The lowest BCUT2D eigenvalue weighted by molar-refractivity contribution is -0.151. The van der Waals surface area contributed by atoms with Crippen molar-refractivity contribution in [1.82, 2.24) is 5.32 Å². The molecule has 1 unspecified atom stereocenters. The van der Waals surface area contributed by atoms with Gasteiger partial charge in [0, 0.05) is 11.8 Å². The van der Waals surface area contributed by atoms with Gasteiger partial charge in [0.05, 0.1) is 5.75 Å². The van der Waals surface area contributed by atoms with Gasteiger partial charge in [-0.3, -0.25) is 4.79 Å². The van der Waals surface area contributed by atoms with Crippen LogP contribution in [-0.2, 0) is 9.53 Å². The van der Waals surface area contributed by atoms with Gasteiger partial charge in [-0.2, -0.15) is 0 Å². The lowest BCUT2D eigenvalue weighted by Gasteiger charge is -2.29. The van der Waals surface area contributed by atoms with Crippen LogP contribution in [0.4, 0.5) is 0 Å². The van der Waals surface area contributed by atoms with E-state index in [1.165, 1.54) is 32.1 Å². The van der Waals surface area contributed by atoms with Crippen molar-refractivity contribution in [1.29, 1.82) is 0 Å². The van der Waals surface area contributed by atoms with Crippen molar-refractivity contribution >= 4 is 17.7 Å². The Morgan fingerprint density at radius 3 is 2.47 bits per heavy atom. The van der Waals surface area contributed by atoms with E-state index in [1.807, 2.05) is 27.8 Å². The van der Waals surface area contributed by atoms with Gasteiger partial charge in [0.15, 0.2) is 0 Å². The highest BCUT2D eigenvalue weighted by atomic mass is 32.2. The van der Waals surface area contributed by atoms with Crippen molar-refractivity contribution in [3.8, 4) is 0 Å². The van der Waals surface area contributed by atoms with Gasteiger partial charge in [-0.1, -0.05) is 19.3 Å². The zero-order valence-electron chi connectivity index (χ0n) is 12.8. The van der Waals surface area contributed by atoms with E-state index >= 15 is 0 Å². The summed E-state index contributed by atoms with van der Waals surface area (Å²) in [7, 11) is 2.04. The number of rotatable bonds is 6. The highest BCUT2D eigenvalue weighted by Crippen LogP contribution is 2.27. The largest absolute Gasteiger partial charge is 0.459 e. The molecule has 1 saturated carbocycles. The average Bonchev–Trinajstić information content (AvgIpc) is 2.33. The first-order chi connectivity index (χ1) is 8.92. The van der Waals surface area contributed by atoms with E-state index < -0.39 is 0 Å². The Morgan fingerprint density at radius 1 is 1.32 bits per heavy atom. The molecule has 1 aliphatic carbocycles. The number of hydrogen-bond acceptors (Lipinski definition) is 4. The first-order valence-corrected chi connectivity index (χ1v) is 8.54. The number of ether oxygens (including phenoxy) is 1. The maximum atomic E-state index is 11.6. The number of carbonyl (C=O) groups is 1. The maximum Gasteiger partial charge on any atom is 0.316 e. The minimum absolute atomic E-state index is 0.101. The third kappa shape index (κ3) is 7.21. The predicted octanol–water partition coefficient (Wildman–Crippen LogP) is 3.23.